The first-order valence-electron chi connectivity index (χ1n) is 5.56. The fourth-order valence-electron chi connectivity index (χ4n) is 1.90. The second kappa shape index (κ2) is 4.23. The van der Waals surface area contributed by atoms with Crippen molar-refractivity contribution in [3.63, 3.8) is 0 Å². The number of imidazole rings is 1. The van der Waals surface area contributed by atoms with Crippen LogP contribution in [-0.4, -0.2) is 28.8 Å². The minimum atomic E-state index is 0.410. The van der Waals surface area contributed by atoms with E-state index >= 15 is 0 Å². The Bertz CT molecular complexity index is 327. The second-order valence-corrected chi connectivity index (χ2v) is 4.43. The first-order chi connectivity index (χ1) is 7.16. The van der Waals surface area contributed by atoms with Crippen LogP contribution in [0.4, 0.5) is 5.95 Å². The molecule has 1 N–H and O–H groups in total. The molecule has 1 atom stereocenters. The maximum Gasteiger partial charge on any atom is 0.203 e. The van der Waals surface area contributed by atoms with Gasteiger partial charge >= 0.3 is 0 Å². The van der Waals surface area contributed by atoms with Gasteiger partial charge in [0.25, 0.3) is 0 Å². The molecule has 0 bridgehead atoms. The number of aromatic nitrogens is 2. The highest BCUT2D eigenvalue weighted by Gasteiger charge is 2.20. The molecule has 0 spiro atoms. The summed E-state index contributed by atoms with van der Waals surface area (Å²) in [5.41, 5.74) is 1.06. The Labute approximate surface area is 90.6 Å². The fourth-order valence-corrected chi connectivity index (χ4v) is 1.90. The summed E-state index contributed by atoms with van der Waals surface area (Å²) in [5.74, 6) is 0.970. The third kappa shape index (κ3) is 2.31. The van der Waals surface area contributed by atoms with Gasteiger partial charge in [-0.1, -0.05) is 0 Å². The van der Waals surface area contributed by atoms with Crippen LogP contribution in [0.2, 0.25) is 0 Å². The van der Waals surface area contributed by atoms with Gasteiger partial charge in [-0.2, -0.15) is 0 Å². The van der Waals surface area contributed by atoms with Crippen LogP contribution in [-0.2, 0) is 4.74 Å². The molecule has 2 heterocycles. The van der Waals surface area contributed by atoms with Gasteiger partial charge in [-0.15, -0.1) is 0 Å². The molecule has 4 heteroatoms. The molecular weight excluding hydrogens is 190 g/mol. The van der Waals surface area contributed by atoms with Crippen LogP contribution in [0.15, 0.2) is 6.20 Å². The summed E-state index contributed by atoms with van der Waals surface area (Å²) in [5, 5.41) is 3.37. The molecule has 0 amide bonds. The summed E-state index contributed by atoms with van der Waals surface area (Å²) in [6.07, 6.45) is 3.19. The van der Waals surface area contributed by atoms with Crippen molar-refractivity contribution in [1.29, 1.82) is 0 Å². The van der Waals surface area contributed by atoms with Crippen LogP contribution in [0.3, 0.4) is 0 Å². The zero-order valence-corrected chi connectivity index (χ0v) is 9.66. The first-order valence-corrected chi connectivity index (χ1v) is 5.56. The smallest absolute Gasteiger partial charge is 0.203 e. The largest absolute Gasteiger partial charge is 0.379 e. The minimum absolute atomic E-state index is 0.410. The molecule has 0 aliphatic carbocycles. The molecular formula is C11H19N3O. The van der Waals surface area contributed by atoms with Gasteiger partial charge in [0.05, 0.1) is 18.3 Å². The van der Waals surface area contributed by atoms with Crippen molar-refractivity contribution in [3.05, 3.63) is 11.9 Å². The summed E-state index contributed by atoms with van der Waals surface area (Å²) in [4.78, 5) is 4.49. The molecule has 4 nitrogen and oxygen atoms in total. The molecule has 15 heavy (non-hydrogen) atoms. The monoisotopic (exact) mass is 209 g/mol. The third-order valence-electron chi connectivity index (χ3n) is 2.57. The van der Waals surface area contributed by atoms with Gasteiger partial charge in [-0.3, -0.25) is 0 Å². The summed E-state index contributed by atoms with van der Waals surface area (Å²) >= 11 is 0. The van der Waals surface area contributed by atoms with Gasteiger partial charge in [-0.25, -0.2) is 4.98 Å². The Morgan fingerprint density at radius 3 is 3.00 bits per heavy atom. The zero-order valence-electron chi connectivity index (χ0n) is 9.66. The van der Waals surface area contributed by atoms with E-state index in [1.54, 1.807) is 0 Å². The first kappa shape index (κ1) is 10.5. The molecule has 84 valence electrons. The van der Waals surface area contributed by atoms with E-state index in [4.69, 9.17) is 4.74 Å². The number of aryl methyl sites for hydroxylation is 1. The molecule has 0 saturated carbocycles. The molecule has 0 radical (unpaired) electrons. The van der Waals surface area contributed by atoms with Crippen LogP contribution >= 0.6 is 0 Å². The average molecular weight is 209 g/mol. The van der Waals surface area contributed by atoms with Crippen molar-refractivity contribution in [2.45, 2.75) is 39.3 Å². The van der Waals surface area contributed by atoms with E-state index < -0.39 is 0 Å². The van der Waals surface area contributed by atoms with Gasteiger partial charge < -0.3 is 14.6 Å². The van der Waals surface area contributed by atoms with Crippen molar-refractivity contribution < 1.29 is 4.74 Å². The lowest BCUT2D eigenvalue weighted by molar-refractivity contribution is 0.187. The van der Waals surface area contributed by atoms with Gasteiger partial charge in [0.15, 0.2) is 0 Å². The van der Waals surface area contributed by atoms with Gasteiger partial charge in [0, 0.05) is 18.8 Å². The molecule has 1 aliphatic rings. The lowest BCUT2D eigenvalue weighted by Crippen LogP contribution is -2.17. The molecule has 0 aromatic carbocycles. The van der Waals surface area contributed by atoms with Gasteiger partial charge in [0.1, 0.15) is 0 Å². The molecule has 1 fully saturated rings. The van der Waals surface area contributed by atoms with Crippen molar-refractivity contribution >= 4 is 5.95 Å². The number of rotatable bonds is 3. The maximum atomic E-state index is 5.40. The van der Waals surface area contributed by atoms with Gasteiger partial charge in [0.2, 0.25) is 5.95 Å². The van der Waals surface area contributed by atoms with E-state index in [1.807, 2.05) is 6.92 Å². The van der Waals surface area contributed by atoms with E-state index in [-0.39, 0.29) is 0 Å². The number of ether oxygens (including phenoxy) is 1. The van der Waals surface area contributed by atoms with E-state index in [1.165, 1.54) is 0 Å². The zero-order chi connectivity index (χ0) is 10.8. The van der Waals surface area contributed by atoms with E-state index in [0.29, 0.717) is 12.1 Å². The Morgan fingerprint density at radius 1 is 1.60 bits per heavy atom. The Morgan fingerprint density at radius 2 is 2.40 bits per heavy atom. The number of hydrogen-bond acceptors (Lipinski definition) is 3. The Balaban J connectivity index is 2.20. The number of nitrogens with one attached hydrogen (secondary N) is 1. The summed E-state index contributed by atoms with van der Waals surface area (Å²) in [6, 6.07) is 0.861. The molecule has 1 aromatic rings. The predicted octanol–water partition coefficient (Wildman–Crippen LogP) is 1.97. The molecule has 1 aliphatic heterocycles. The Hall–Kier alpha value is -1.03. The van der Waals surface area contributed by atoms with Crippen LogP contribution < -0.4 is 5.32 Å². The minimum Gasteiger partial charge on any atom is -0.379 e. The number of anilines is 1. The summed E-state index contributed by atoms with van der Waals surface area (Å²) < 4.78 is 7.61. The van der Waals surface area contributed by atoms with Crippen LogP contribution in [0.25, 0.3) is 0 Å². The van der Waals surface area contributed by atoms with Gasteiger partial charge in [-0.05, 0) is 27.2 Å². The Kier molecular flexibility index (Phi) is 2.95. The molecule has 2 rings (SSSR count). The molecule has 1 saturated heterocycles. The third-order valence-corrected chi connectivity index (χ3v) is 2.57. The van der Waals surface area contributed by atoms with E-state index in [0.717, 1.165) is 31.3 Å². The highest BCUT2D eigenvalue weighted by molar-refractivity contribution is 5.30. The predicted molar refractivity (Wildman–Crippen MR) is 60.2 cm³/mol. The van der Waals surface area contributed by atoms with Crippen LogP contribution in [0.1, 0.15) is 32.0 Å². The number of nitrogens with zero attached hydrogens (tertiary/aromatic N) is 2. The molecule has 1 unspecified atom stereocenters. The molecule has 1 aromatic heterocycles. The van der Waals surface area contributed by atoms with E-state index in [2.05, 4.69) is 34.9 Å². The van der Waals surface area contributed by atoms with Crippen LogP contribution in [0, 0.1) is 6.92 Å². The summed E-state index contributed by atoms with van der Waals surface area (Å²) in [6.45, 7) is 7.95. The van der Waals surface area contributed by atoms with Crippen molar-refractivity contribution in [2.75, 3.05) is 18.5 Å². The standard InChI is InChI=1S/C11H19N3O/c1-8(2)12-11-13-9(3)6-14(11)10-4-5-15-7-10/h6,8,10H,4-5,7H2,1-3H3,(H,12,13). The van der Waals surface area contributed by atoms with Crippen molar-refractivity contribution in [1.82, 2.24) is 9.55 Å². The quantitative estimate of drug-likeness (QED) is 0.827. The second-order valence-electron chi connectivity index (χ2n) is 4.43. The average Bonchev–Trinajstić information content (AvgIpc) is 2.72. The highest BCUT2D eigenvalue weighted by atomic mass is 16.5. The lowest BCUT2D eigenvalue weighted by atomic mass is 10.2. The SMILES string of the molecule is Cc1cn(C2CCOC2)c(NC(C)C)n1. The summed E-state index contributed by atoms with van der Waals surface area (Å²) in [7, 11) is 0. The lowest BCUT2D eigenvalue weighted by Gasteiger charge is -2.16. The van der Waals surface area contributed by atoms with Crippen molar-refractivity contribution in [3.8, 4) is 0 Å². The maximum absolute atomic E-state index is 5.40. The highest BCUT2D eigenvalue weighted by Crippen LogP contribution is 2.23. The normalized spacial score (nSPS) is 21.2. The van der Waals surface area contributed by atoms with Crippen molar-refractivity contribution in [2.24, 2.45) is 0 Å². The topological polar surface area (TPSA) is 39.1 Å². The van der Waals surface area contributed by atoms with Crippen LogP contribution in [0.5, 0.6) is 0 Å². The van der Waals surface area contributed by atoms with E-state index in [9.17, 15) is 0 Å². The number of hydrogen-bond donors (Lipinski definition) is 1. The fraction of sp³-hybridized carbons (Fsp3) is 0.727.